The van der Waals surface area contributed by atoms with Gasteiger partial charge in [-0.2, -0.15) is 0 Å². The maximum Gasteiger partial charge on any atom is 0.339 e. The molecule has 2 heterocycles. The van der Waals surface area contributed by atoms with E-state index in [4.69, 9.17) is 0 Å². The van der Waals surface area contributed by atoms with Gasteiger partial charge >= 0.3 is 5.97 Å². The number of aromatic carboxylic acids is 1. The number of hydrogen-bond donors (Lipinski definition) is 1. The highest BCUT2D eigenvalue weighted by molar-refractivity contribution is 5.95. The summed E-state index contributed by atoms with van der Waals surface area (Å²) in [6.45, 7) is 4.73. The first-order valence-electron chi connectivity index (χ1n) is 8.06. The van der Waals surface area contributed by atoms with Crippen molar-refractivity contribution in [2.75, 3.05) is 11.4 Å². The third kappa shape index (κ3) is 2.63. The molecule has 2 aliphatic rings. The second kappa shape index (κ2) is 5.66. The number of carbonyl (C=O) groups is 1. The summed E-state index contributed by atoms with van der Waals surface area (Å²) in [6.07, 6.45) is 7.56. The Bertz CT molecular complexity index is 554. The molecule has 114 valence electrons. The molecule has 0 unspecified atom stereocenters. The summed E-state index contributed by atoms with van der Waals surface area (Å²) >= 11 is 0. The van der Waals surface area contributed by atoms with Crippen LogP contribution in [0.25, 0.3) is 0 Å². The molecule has 1 N–H and O–H groups in total. The molecule has 0 spiro atoms. The Hall–Kier alpha value is -1.58. The summed E-state index contributed by atoms with van der Waals surface area (Å²) in [7, 11) is 0. The van der Waals surface area contributed by atoms with Crippen molar-refractivity contribution >= 4 is 11.7 Å². The van der Waals surface area contributed by atoms with Gasteiger partial charge in [-0.3, -0.25) is 4.98 Å². The van der Waals surface area contributed by atoms with Gasteiger partial charge in [0.15, 0.2) is 0 Å². The molecule has 2 fully saturated rings. The SMILES string of the molecule is Cc1cc(N2CCC[C@H]3CCCC[C@H]32)c(C(=O)O)c(C)n1. The minimum absolute atomic E-state index is 0.395. The highest BCUT2D eigenvalue weighted by atomic mass is 16.4. The summed E-state index contributed by atoms with van der Waals surface area (Å²) < 4.78 is 0. The first-order valence-corrected chi connectivity index (χ1v) is 8.06. The monoisotopic (exact) mass is 288 g/mol. The Morgan fingerprint density at radius 1 is 1.24 bits per heavy atom. The highest BCUT2D eigenvalue weighted by Crippen LogP contribution is 2.39. The van der Waals surface area contributed by atoms with E-state index in [0.717, 1.165) is 23.8 Å². The molecular formula is C17H24N2O2. The predicted octanol–water partition coefficient (Wildman–Crippen LogP) is 3.56. The minimum atomic E-state index is -0.854. The number of carboxylic acids is 1. The van der Waals surface area contributed by atoms with Crippen molar-refractivity contribution in [1.82, 2.24) is 4.98 Å². The summed E-state index contributed by atoms with van der Waals surface area (Å²) in [5, 5.41) is 9.60. The third-order valence-corrected chi connectivity index (χ3v) is 5.07. The summed E-state index contributed by atoms with van der Waals surface area (Å²) in [6, 6.07) is 2.49. The van der Waals surface area contributed by atoms with Gasteiger partial charge in [0.05, 0.1) is 11.4 Å². The molecule has 1 saturated heterocycles. The Balaban J connectivity index is 2.04. The number of aromatic nitrogens is 1. The van der Waals surface area contributed by atoms with Crippen LogP contribution in [0.2, 0.25) is 0 Å². The van der Waals surface area contributed by atoms with Gasteiger partial charge in [-0.1, -0.05) is 12.8 Å². The topological polar surface area (TPSA) is 53.4 Å². The fourth-order valence-electron chi connectivity index (χ4n) is 4.22. The van der Waals surface area contributed by atoms with Gasteiger partial charge in [-0.15, -0.1) is 0 Å². The largest absolute Gasteiger partial charge is 0.478 e. The molecular weight excluding hydrogens is 264 g/mol. The third-order valence-electron chi connectivity index (χ3n) is 5.07. The lowest BCUT2D eigenvalue weighted by Gasteiger charge is -2.46. The normalized spacial score (nSPS) is 25.5. The Kier molecular flexibility index (Phi) is 3.87. The average molecular weight is 288 g/mol. The van der Waals surface area contributed by atoms with Crippen LogP contribution in [0.3, 0.4) is 0 Å². The maximum absolute atomic E-state index is 11.7. The van der Waals surface area contributed by atoms with Crippen molar-refractivity contribution in [3.05, 3.63) is 23.0 Å². The number of hydrogen-bond acceptors (Lipinski definition) is 3. The van der Waals surface area contributed by atoms with Crippen LogP contribution in [0.5, 0.6) is 0 Å². The molecule has 1 aliphatic heterocycles. The van der Waals surface area contributed by atoms with Crippen LogP contribution in [-0.2, 0) is 0 Å². The molecule has 1 saturated carbocycles. The lowest BCUT2D eigenvalue weighted by Crippen LogP contribution is -2.47. The van der Waals surface area contributed by atoms with E-state index in [2.05, 4.69) is 9.88 Å². The van der Waals surface area contributed by atoms with Crippen LogP contribution in [-0.4, -0.2) is 28.6 Å². The number of anilines is 1. The van der Waals surface area contributed by atoms with E-state index in [9.17, 15) is 9.90 Å². The van der Waals surface area contributed by atoms with Crippen molar-refractivity contribution in [2.45, 2.75) is 58.4 Å². The number of piperidine rings is 1. The lowest BCUT2D eigenvalue weighted by molar-refractivity contribution is 0.0695. The number of carboxylic acid groups (broad SMARTS) is 1. The molecule has 0 aromatic carbocycles. The standard InChI is InChI=1S/C17H24N2O2/c1-11-10-15(16(17(20)21)12(2)18-11)19-9-5-7-13-6-3-4-8-14(13)19/h10,13-14H,3-9H2,1-2H3,(H,20,21)/t13-,14-/m1/s1. The van der Waals surface area contributed by atoms with E-state index >= 15 is 0 Å². The average Bonchev–Trinajstić information content (AvgIpc) is 2.45. The van der Waals surface area contributed by atoms with Crippen LogP contribution in [0.15, 0.2) is 6.07 Å². The summed E-state index contributed by atoms with van der Waals surface area (Å²) in [4.78, 5) is 18.4. The van der Waals surface area contributed by atoms with Gasteiger partial charge in [0.1, 0.15) is 5.56 Å². The highest BCUT2D eigenvalue weighted by Gasteiger charge is 2.35. The fourth-order valence-corrected chi connectivity index (χ4v) is 4.22. The van der Waals surface area contributed by atoms with Crippen LogP contribution in [0, 0.1) is 19.8 Å². The van der Waals surface area contributed by atoms with Crippen molar-refractivity contribution in [3.8, 4) is 0 Å². The van der Waals surface area contributed by atoms with Crippen molar-refractivity contribution < 1.29 is 9.90 Å². The quantitative estimate of drug-likeness (QED) is 0.904. The van der Waals surface area contributed by atoms with E-state index in [1.807, 2.05) is 19.9 Å². The zero-order valence-electron chi connectivity index (χ0n) is 12.9. The fraction of sp³-hybridized carbons (Fsp3) is 0.647. The Morgan fingerprint density at radius 2 is 1.95 bits per heavy atom. The molecule has 1 aromatic rings. The molecule has 0 radical (unpaired) electrons. The number of nitrogens with zero attached hydrogens (tertiary/aromatic N) is 2. The number of fused-ring (bicyclic) bond motifs is 1. The van der Waals surface area contributed by atoms with Crippen molar-refractivity contribution in [1.29, 1.82) is 0 Å². The van der Waals surface area contributed by atoms with E-state index in [0.29, 0.717) is 17.3 Å². The van der Waals surface area contributed by atoms with Gasteiger partial charge in [0.2, 0.25) is 0 Å². The van der Waals surface area contributed by atoms with Gasteiger partial charge in [0, 0.05) is 18.3 Å². The zero-order chi connectivity index (χ0) is 15.0. The van der Waals surface area contributed by atoms with Crippen LogP contribution in [0.1, 0.15) is 60.3 Å². The molecule has 4 heteroatoms. The van der Waals surface area contributed by atoms with Crippen LogP contribution < -0.4 is 4.90 Å². The predicted molar refractivity (Wildman–Crippen MR) is 83.0 cm³/mol. The molecule has 1 aliphatic carbocycles. The first-order chi connectivity index (χ1) is 10.1. The summed E-state index contributed by atoms with van der Waals surface area (Å²) in [5.74, 6) is -0.115. The summed E-state index contributed by atoms with van der Waals surface area (Å²) in [5.41, 5.74) is 2.83. The smallest absolute Gasteiger partial charge is 0.339 e. The van der Waals surface area contributed by atoms with E-state index in [1.165, 1.54) is 38.5 Å². The molecule has 3 rings (SSSR count). The second-order valence-corrected chi connectivity index (χ2v) is 6.50. The van der Waals surface area contributed by atoms with E-state index < -0.39 is 5.97 Å². The maximum atomic E-state index is 11.7. The number of rotatable bonds is 2. The Morgan fingerprint density at radius 3 is 2.71 bits per heavy atom. The van der Waals surface area contributed by atoms with Crippen LogP contribution >= 0.6 is 0 Å². The number of aryl methyl sites for hydroxylation is 2. The molecule has 2 atom stereocenters. The van der Waals surface area contributed by atoms with Crippen LogP contribution in [0.4, 0.5) is 5.69 Å². The molecule has 0 amide bonds. The molecule has 1 aromatic heterocycles. The van der Waals surface area contributed by atoms with E-state index in [1.54, 1.807) is 0 Å². The van der Waals surface area contributed by atoms with Crippen molar-refractivity contribution in [3.63, 3.8) is 0 Å². The van der Waals surface area contributed by atoms with Gasteiger partial charge in [-0.05, 0) is 51.5 Å². The molecule has 21 heavy (non-hydrogen) atoms. The molecule has 4 nitrogen and oxygen atoms in total. The van der Waals surface area contributed by atoms with Gasteiger partial charge in [0.25, 0.3) is 0 Å². The Labute approximate surface area is 126 Å². The van der Waals surface area contributed by atoms with Gasteiger partial charge < -0.3 is 10.0 Å². The van der Waals surface area contributed by atoms with Crippen molar-refractivity contribution in [2.24, 2.45) is 5.92 Å². The lowest BCUT2D eigenvalue weighted by atomic mass is 9.78. The zero-order valence-corrected chi connectivity index (χ0v) is 12.9. The first kappa shape index (κ1) is 14.4. The second-order valence-electron chi connectivity index (χ2n) is 6.50. The number of pyridine rings is 1. The van der Waals surface area contributed by atoms with E-state index in [-0.39, 0.29) is 0 Å². The minimum Gasteiger partial charge on any atom is -0.478 e. The van der Waals surface area contributed by atoms with Gasteiger partial charge in [-0.25, -0.2) is 4.79 Å². The molecule has 0 bridgehead atoms.